The predicted octanol–water partition coefficient (Wildman–Crippen LogP) is 3.57. The minimum Gasteiger partial charge on any atom is -0.466 e. The fourth-order valence-corrected chi connectivity index (χ4v) is 2.31. The number of alkyl halides is 1. The summed E-state index contributed by atoms with van der Waals surface area (Å²) in [6, 6.07) is 2.40. The first-order valence-electron chi connectivity index (χ1n) is 6.59. The fraction of sp³-hybridized carbons (Fsp3) is 0.429. The number of esters is 1. The maximum atomic E-state index is 14.0. The molecule has 21 heavy (non-hydrogen) atoms. The molecule has 7 heteroatoms. The van der Waals surface area contributed by atoms with E-state index in [1.54, 1.807) is 13.8 Å². The number of fused-ring (bicyclic) bond motifs is 1. The smallest absolute Gasteiger partial charge is 0.307 e. The Bertz CT molecular complexity index is 671. The monoisotopic (exact) mass is 316 g/mol. The van der Waals surface area contributed by atoms with Crippen LogP contribution < -0.4 is 0 Å². The average Bonchev–Trinajstić information content (AvgIpc) is 2.80. The molecule has 4 nitrogen and oxygen atoms in total. The zero-order chi connectivity index (χ0) is 15.6. The molecule has 0 amide bonds. The molecule has 0 bridgehead atoms. The molecule has 1 aromatic carbocycles. The largest absolute Gasteiger partial charge is 0.466 e. The van der Waals surface area contributed by atoms with Gasteiger partial charge in [0, 0.05) is 6.54 Å². The van der Waals surface area contributed by atoms with E-state index in [0.29, 0.717) is 11.3 Å². The number of hydrogen-bond acceptors (Lipinski definition) is 3. The maximum absolute atomic E-state index is 14.0. The highest BCUT2D eigenvalue weighted by molar-refractivity contribution is 6.20. The van der Waals surface area contributed by atoms with E-state index in [1.807, 2.05) is 0 Å². The third kappa shape index (κ3) is 3.15. The van der Waals surface area contributed by atoms with Crippen molar-refractivity contribution in [3.63, 3.8) is 0 Å². The standard InChI is InChI=1S/C14H15ClF2N2O2/c1-3-21-11(20)6-7-19-13-10(18-14(19)8(2)15)5-4-9(16)12(13)17/h4-5,8H,3,6-7H2,1-2H3. The molecule has 0 aliphatic carbocycles. The first-order valence-corrected chi connectivity index (χ1v) is 7.03. The summed E-state index contributed by atoms with van der Waals surface area (Å²) >= 11 is 6.03. The molecule has 1 aromatic heterocycles. The van der Waals surface area contributed by atoms with E-state index in [9.17, 15) is 13.6 Å². The highest BCUT2D eigenvalue weighted by Crippen LogP contribution is 2.27. The van der Waals surface area contributed by atoms with E-state index < -0.39 is 23.0 Å². The van der Waals surface area contributed by atoms with Gasteiger partial charge in [0.2, 0.25) is 0 Å². The Morgan fingerprint density at radius 1 is 1.48 bits per heavy atom. The van der Waals surface area contributed by atoms with Crippen molar-refractivity contribution in [2.45, 2.75) is 32.2 Å². The molecule has 1 heterocycles. The van der Waals surface area contributed by atoms with Gasteiger partial charge in [0.05, 0.1) is 23.9 Å². The third-order valence-corrected chi connectivity index (χ3v) is 3.23. The Morgan fingerprint density at radius 2 is 2.19 bits per heavy atom. The second-order valence-electron chi connectivity index (χ2n) is 4.52. The molecule has 2 aromatic rings. The Kier molecular flexibility index (Phi) is 4.77. The second kappa shape index (κ2) is 6.39. The summed E-state index contributed by atoms with van der Waals surface area (Å²) in [7, 11) is 0. The lowest BCUT2D eigenvalue weighted by atomic mass is 10.3. The molecule has 0 radical (unpaired) electrons. The summed E-state index contributed by atoms with van der Waals surface area (Å²) < 4.78 is 33.7. The maximum Gasteiger partial charge on any atom is 0.307 e. The number of carbonyl (C=O) groups excluding carboxylic acids is 1. The summed E-state index contributed by atoms with van der Waals surface area (Å²) in [5, 5.41) is -0.498. The van der Waals surface area contributed by atoms with Crippen molar-refractivity contribution in [1.82, 2.24) is 9.55 Å². The second-order valence-corrected chi connectivity index (χ2v) is 5.18. The molecule has 0 fully saturated rings. The van der Waals surface area contributed by atoms with E-state index in [0.717, 1.165) is 6.07 Å². The minimum absolute atomic E-state index is 0.0156. The first kappa shape index (κ1) is 15.7. The number of carbonyl (C=O) groups is 1. The quantitative estimate of drug-likeness (QED) is 0.625. The van der Waals surface area contributed by atoms with Crippen molar-refractivity contribution >= 4 is 28.6 Å². The van der Waals surface area contributed by atoms with Crippen molar-refractivity contribution in [3.05, 3.63) is 29.6 Å². The van der Waals surface area contributed by atoms with Gasteiger partial charge in [-0.15, -0.1) is 11.6 Å². The Hall–Kier alpha value is -1.69. The van der Waals surface area contributed by atoms with Gasteiger partial charge in [0.25, 0.3) is 0 Å². The van der Waals surface area contributed by atoms with Crippen molar-refractivity contribution in [1.29, 1.82) is 0 Å². The normalized spacial score (nSPS) is 12.6. The molecule has 0 spiro atoms. The molecule has 0 saturated carbocycles. The number of imidazole rings is 1. The number of ether oxygens (including phenoxy) is 1. The van der Waals surface area contributed by atoms with Crippen LogP contribution in [0.2, 0.25) is 0 Å². The van der Waals surface area contributed by atoms with Crippen LogP contribution in [0.4, 0.5) is 8.78 Å². The van der Waals surface area contributed by atoms with Crippen LogP contribution in [0, 0.1) is 11.6 Å². The highest BCUT2D eigenvalue weighted by Gasteiger charge is 2.20. The summed E-state index contributed by atoms with van der Waals surface area (Å²) in [5.41, 5.74) is 0.321. The zero-order valence-corrected chi connectivity index (χ0v) is 12.5. The van der Waals surface area contributed by atoms with E-state index in [-0.39, 0.29) is 25.1 Å². The molecule has 1 atom stereocenters. The Morgan fingerprint density at radius 3 is 2.81 bits per heavy atom. The molecule has 0 aliphatic heterocycles. The van der Waals surface area contributed by atoms with Crippen LogP contribution in [0.15, 0.2) is 12.1 Å². The van der Waals surface area contributed by atoms with E-state index >= 15 is 0 Å². The average molecular weight is 317 g/mol. The molecule has 1 unspecified atom stereocenters. The van der Waals surface area contributed by atoms with Crippen LogP contribution in [0.25, 0.3) is 11.0 Å². The predicted molar refractivity (Wildman–Crippen MR) is 75.2 cm³/mol. The van der Waals surface area contributed by atoms with Gasteiger partial charge in [0.1, 0.15) is 11.3 Å². The van der Waals surface area contributed by atoms with Gasteiger partial charge in [-0.25, -0.2) is 13.8 Å². The number of aromatic nitrogens is 2. The van der Waals surface area contributed by atoms with E-state index in [1.165, 1.54) is 10.6 Å². The van der Waals surface area contributed by atoms with Crippen LogP contribution in [-0.4, -0.2) is 22.1 Å². The van der Waals surface area contributed by atoms with Crippen LogP contribution in [0.5, 0.6) is 0 Å². The fourth-order valence-electron chi connectivity index (χ4n) is 2.14. The summed E-state index contributed by atoms with van der Waals surface area (Å²) in [5.74, 6) is -1.98. The van der Waals surface area contributed by atoms with Gasteiger partial charge in [-0.1, -0.05) is 0 Å². The van der Waals surface area contributed by atoms with Crippen LogP contribution in [0.1, 0.15) is 31.5 Å². The summed E-state index contributed by atoms with van der Waals surface area (Å²) in [4.78, 5) is 15.7. The Balaban J connectivity index is 2.45. The molecule has 0 aliphatic rings. The van der Waals surface area contributed by atoms with E-state index in [2.05, 4.69) is 4.98 Å². The van der Waals surface area contributed by atoms with Gasteiger partial charge < -0.3 is 9.30 Å². The lowest BCUT2D eigenvalue weighted by Gasteiger charge is -2.10. The van der Waals surface area contributed by atoms with Gasteiger partial charge in [-0.3, -0.25) is 4.79 Å². The van der Waals surface area contributed by atoms with Gasteiger partial charge in [-0.05, 0) is 26.0 Å². The van der Waals surface area contributed by atoms with Gasteiger partial charge in [0.15, 0.2) is 11.6 Å². The summed E-state index contributed by atoms with van der Waals surface area (Å²) in [6.45, 7) is 3.77. The number of aryl methyl sites for hydroxylation is 1. The van der Waals surface area contributed by atoms with Crippen molar-refractivity contribution in [3.8, 4) is 0 Å². The van der Waals surface area contributed by atoms with Crippen molar-refractivity contribution in [2.75, 3.05) is 6.61 Å². The number of rotatable bonds is 5. The molecular weight excluding hydrogens is 302 g/mol. The highest BCUT2D eigenvalue weighted by atomic mass is 35.5. The minimum atomic E-state index is -0.993. The topological polar surface area (TPSA) is 44.1 Å². The lowest BCUT2D eigenvalue weighted by molar-refractivity contribution is -0.143. The van der Waals surface area contributed by atoms with E-state index in [4.69, 9.17) is 16.3 Å². The number of benzene rings is 1. The number of halogens is 3. The third-order valence-electron chi connectivity index (χ3n) is 3.03. The Labute approximate surface area is 125 Å². The first-order chi connectivity index (χ1) is 9.95. The van der Waals surface area contributed by atoms with Gasteiger partial charge in [-0.2, -0.15) is 0 Å². The van der Waals surface area contributed by atoms with Crippen molar-refractivity contribution < 1.29 is 18.3 Å². The van der Waals surface area contributed by atoms with Crippen LogP contribution in [-0.2, 0) is 16.1 Å². The van der Waals surface area contributed by atoms with Crippen LogP contribution in [0.3, 0.4) is 0 Å². The molecule has 0 saturated heterocycles. The molecule has 0 N–H and O–H groups in total. The number of hydrogen-bond donors (Lipinski definition) is 0. The van der Waals surface area contributed by atoms with Crippen LogP contribution >= 0.6 is 11.6 Å². The SMILES string of the molecule is CCOC(=O)CCn1c(C(C)Cl)nc2ccc(F)c(F)c21. The molecule has 2 rings (SSSR count). The summed E-state index contributed by atoms with van der Waals surface area (Å²) in [6.07, 6.45) is 0.0336. The lowest BCUT2D eigenvalue weighted by Crippen LogP contribution is -2.12. The van der Waals surface area contributed by atoms with Gasteiger partial charge >= 0.3 is 5.97 Å². The molecular formula is C14H15ClF2N2O2. The number of nitrogens with zero attached hydrogens (tertiary/aromatic N) is 2. The molecule has 114 valence electrons. The zero-order valence-electron chi connectivity index (χ0n) is 11.7. The van der Waals surface area contributed by atoms with Crippen molar-refractivity contribution in [2.24, 2.45) is 0 Å².